The molecular weight excluding hydrogens is 290 g/mol. The van der Waals surface area contributed by atoms with Gasteiger partial charge in [0, 0.05) is 6.07 Å². The third-order valence-electron chi connectivity index (χ3n) is 2.77. The molecule has 1 aromatic carbocycles. The maximum atomic E-state index is 11.8. The highest BCUT2D eigenvalue weighted by Crippen LogP contribution is 2.28. The van der Waals surface area contributed by atoms with Gasteiger partial charge in [0.25, 0.3) is 5.91 Å². The number of benzene rings is 1. The van der Waals surface area contributed by atoms with Gasteiger partial charge in [-0.3, -0.25) is 4.79 Å². The Hall–Kier alpha value is -2.96. The second-order valence-corrected chi connectivity index (χ2v) is 4.20. The highest BCUT2D eigenvalue weighted by Gasteiger charge is 2.13. The number of nitrogens with one attached hydrogen (secondary N) is 1. The number of methoxy groups -OCH3 is 2. The number of rotatable bonds is 6. The number of anilines is 1. The summed E-state index contributed by atoms with van der Waals surface area (Å²) in [4.78, 5) is 23.4. The summed E-state index contributed by atoms with van der Waals surface area (Å²) in [7, 11) is 3.00. The van der Waals surface area contributed by atoms with Crippen molar-refractivity contribution in [2.45, 2.75) is 0 Å². The largest absolute Gasteiger partial charge is 0.497 e. The van der Waals surface area contributed by atoms with Crippen molar-refractivity contribution in [1.29, 1.82) is 0 Å². The Bertz CT molecular complexity index is 650. The summed E-state index contributed by atoms with van der Waals surface area (Å²) >= 11 is 0. The van der Waals surface area contributed by atoms with Crippen LogP contribution in [-0.2, 0) is 9.53 Å². The number of amides is 1. The molecule has 2 rings (SSSR count). The Morgan fingerprint density at radius 2 is 2.00 bits per heavy atom. The minimum Gasteiger partial charge on any atom is -0.497 e. The molecule has 22 heavy (non-hydrogen) atoms. The van der Waals surface area contributed by atoms with Crippen molar-refractivity contribution >= 4 is 17.6 Å². The maximum Gasteiger partial charge on any atom is 0.341 e. The molecular formula is C15H15NO6. The number of carbonyl (C=O) groups excluding carboxylic acids is 2. The monoisotopic (exact) mass is 305 g/mol. The molecule has 7 heteroatoms. The van der Waals surface area contributed by atoms with Crippen LogP contribution in [0, 0.1) is 0 Å². The molecule has 2 aromatic rings. The lowest BCUT2D eigenvalue weighted by molar-refractivity contribution is -0.119. The molecule has 1 amide bonds. The second kappa shape index (κ2) is 7.16. The molecule has 0 saturated heterocycles. The molecule has 116 valence electrons. The molecule has 0 spiro atoms. The summed E-state index contributed by atoms with van der Waals surface area (Å²) in [6.07, 6.45) is 2.59. The van der Waals surface area contributed by atoms with Crippen molar-refractivity contribution in [3.05, 3.63) is 42.4 Å². The molecule has 1 aromatic heterocycles. The van der Waals surface area contributed by atoms with Gasteiger partial charge >= 0.3 is 5.97 Å². The van der Waals surface area contributed by atoms with E-state index in [-0.39, 0.29) is 5.56 Å². The zero-order valence-corrected chi connectivity index (χ0v) is 12.1. The fourth-order valence-corrected chi connectivity index (χ4v) is 1.69. The Morgan fingerprint density at radius 3 is 2.64 bits per heavy atom. The normalized spacial score (nSPS) is 9.91. The predicted molar refractivity (Wildman–Crippen MR) is 77.2 cm³/mol. The predicted octanol–water partition coefficient (Wildman–Crippen LogP) is 2.09. The van der Waals surface area contributed by atoms with Gasteiger partial charge in [-0.15, -0.1) is 0 Å². The van der Waals surface area contributed by atoms with Crippen LogP contribution < -0.4 is 14.8 Å². The first-order chi connectivity index (χ1) is 10.6. The topological polar surface area (TPSA) is 87.0 Å². The third kappa shape index (κ3) is 3.78. The van der Waals surface area contributed by atoms with E-state index in [2.05, 4.69) is 5.32 Å². The Labute approximate surface area is 126 Å². The van der Waals surface area contributed by atoms with E-state index in [1.807, 2.05) is 0 Å². The first-order valence-corrected chi connectivity index (χ1v) is 6.35. The van der Waals surface area contributed by atoms with Crippen LogP contribution in [-0.4, -0.2) is 32.7 Å². The summed E-state index contributed by atoms with van der Waals surface area (Å²) in [6.45, 7) is -0.426. The van der Waals surface area contributed by atoms with E-state index in [4.69, 9.17) is 18.6 Å². The number of esters is 1. The van der Waals surface area contributed by atoms with Crippen LogP contribution in [0.3, 0.4) is 0 Å². The fourth-order valence-electron chi connectivity index (χ4n) is 1.69. The standard InChI is InChI=1S/C15H15NO6/c1-19-11-3-4-13(20-2)12(7-11)16-14(17)9-22-15(18)10-5-6-21-8-10/h3-8H,9H2,1-2H3,(H,16,17). The smallest absolute Gasteiger partial charge is 0.341 e. The summed E-state index contributed by atoms with van der Waals surface area (Å²) in [5.74, 6) is -0.105. The second-order valence-electron chi connectivity index (χ2n) is 4.20. The van der Waals surface area contributed by atoms with E-state index in [9.17, 15) is 9.59 Å². The van der Waals surface area contributed by atoms with Crippen molar-refractivity contribution < 1.29 is 28.2 Å². The molecule has 7 nitrogen and oxygen atoms in total. The minimum atomic E-state index is -0.637. The average molecular weight is 305 g/mol. The molecule has 0 fully saturated rings. The average Bonchev–Trinajstić information content (AvgIpc) is 3.07. The zero-order valence-electron chi connectivity index (χ0n) is 12.1. The molecule has 1 heterocycles. The van der Waals surface area contributed by atoms with Crippen LogP contribution >= 0.6 is 0 Å². The quantitative estimate of drug-likeness (QED) is 0.822. The molecule has 0 atom stereocenters. The molecule has 0 unspecified atom stereocenters. The van der Waals surface area contributed by atoms with Crippen molar-refractivity contribution in [3.8, 4) is 11.5 Å². The Balaban J connectivity index is 1.95. The first-order valence-electron chi connectivity index (χ1n) is 6.35. The molecule has 1 N–H and O–H groups in total. The lowest BCUT2D eigenvalue weighted by Gasteiger charge is -2.11. The number of furan rings is 1. The minimum absolute atomic E-state index is 0.242. The first kappa shape index (κ1) is 15.4. The lowest BCUT2D eigenvalue weighted by Crippen LogP contribution is -2.21. The summed E-state index contributed by atoms with van der Waals surface area (Å²) in [5, 5.41) is 2.59. The van der Waals surface area contributed by atoms with E-state index < -0.39 is 18.5 Å². The molecule has 0 aliphatic rings. The molecule has 0 bridgehead atoms. The number of carbonyl (C=O) groups is 2. The maximum absolute atomic E-state index is 11.8. The van der Waals surface area contributed by atoms with Crippen molar-refractivity contribution in [1.82, 2.24) is 0 Å². The van der Waals surface area contributed by atoms with Gasteiger partial charge in [0.05, 0.1) is 31.7 Å². The van der Waals surface area contributed by atoms with Gasteiger partial charge in [-0.2, -0.15) is 0 Å². The number of ether oxygens (including phenoxy) is 3. The van der Waals surface area contributed by atoms with Gasteiger partial charge < -0.3 is 23.9 Å². The SMILES string of the molecule is COc1ccc(OC)c(NC(=O)COC(=O)c2ccoc2)c1. The van der Waals surface area contributed by atoms with Gasteiger partial charge in [0.1, 0.15) is 17.8 Å². The zero-order chi connectivity index (χ0) is 15.9. The fraction of sp³-hybridized carbons (Fsp3) is 0.200. The van der Waals surface area contributed by atoms with Crippen molar-refractivity contribution in [2.75, 3.05) is 26.1 Å². The van der Waals surface area contributed by atoms with Gasteiger partial charge in [-0.25, -0.2) is 4.79 Å². The van der Waals surface area contributed by atoms with Crippen LogP contribution in [0.15, 0.2) is 41.2 Å². The van der Waals surface area contributed by atoms with Crippen LogP contribution in [0.1, 0.15) is 10.4 Å². The van der Waals surface area contributed by atoms with E-state index in [1.54, 1.807) is 18.2 Å². The highest BCUT2D eigenvalue weighted by molar-refractivity contribution is 5.96. The third-order valence-corrected chi connectivity index (χ3v) is 2.77. The van der Waals surface area contributed by atoms with Crippen molar-refractivity contribution in [2.24, 2.45) is 0 Å². The van der Waals surface area contributed by atoms with Crippen LogP contribution in [0.25, 0.3) is 0 Å². The van der Waals surface area contributed by atoms with Crippen LogP contribution in [0.2, 0.25) is 0 Å². The van der Waals surface area contributed by atoms with Gasteiger partial charge in [0.2, 0.25) is 0 Å². The molecule has 0 saturated carbocycles. The van der Waals surface area contributed by atoms with Gasteiger partial charge in [-0.1, -0.05) is 0 Å². The molecule has 0 radical (unpaired) electrons. The van der Waals surface area contributed by atoms with Crippen LogP contribution in [0.5, 0.6) is 11.5 Å². The summed E-state index contributed by atoms with van der Waals surface area (Å²) in [5.41, 5.74) is 0.665. The van der Waals surface area contributed by atoms with E-state index in [0.717, 1.165) is 0 Å². The molecule has 0 aliphatic heterocycles. The summed E-state index contributed by atoms with van der Waals surface area (Å²) in [6, 6.07) is 6.42. The number of hydrogen-bond acceptors (Lipinski definition) is 6. The Morgan fingerprint density at radius 1 is 1.18 bits per heavy atom. The molecule has 0 aliphatic carbocycles. The van der Waals surface area contributed by atoms with E-state index >= 15 is 0 Å². The van der Waals surface area contributed by atoms with E-state index in [1.165, 1.54) is 32.8 Å². The highest BCUT2D eigenvalue weighted by atomic mass is 16.5. The van der Waals surface area contributed by atoms with Crippen LogP contribution in [0.4, 0.5) is 5.69 Å². The Kier molecular flexibility index (Phi) is 5.02. The van der Waals surface area contributed by atoms with Gasteiger partial charge in [0.15, 0.2) is 6.61 Å². The van der Waals surface area contributed by atoms with Gasteiger partial charge in [-0.05, 0) is 18.2 Å². The van der Waals surface area contributed by atoms with Crippen molar-refractivity contribution in [3.63, 3.8) is 0 Å². The van der Waals surface area contributed by atoms with E-state index in [0.29, 0.717) is 17.2 Å². The summed E-state index contributed by atoms with van der Waals surface area (Å²) < 4.78 is 19.8. The number of hydrogen-bond donors (Lipinski definition) is 1. The lowest BCUT2D eigenvalue weighted by atomic mass is 10.2.